The van der Waals surface area contributed by atoms with Crippen molar-refractivity contribution in [3.63, 3.8) is 0 Å². The van der Waals surface area contributed by atoms with E-state index < -0.39 is 0 Å². The second-order valence-electron chi connectivity index (χ2n) is 7.43. The van der Waals surface area contributed by atoms with Crippen LogP contribution in [0.3, 0.4) is 0 Å². The van der Waals surface area contributed by atoms with Crippen LogP contribution in [-0.4, -0.2) is 23.9 Å². The molecule has 0 amide bonds. The SMILES string of the molecule is C/C=C(\C=C/CO)/C=N/OC(=O)C12CC(C)CC(CC(C)C1)C2. The second-order valence-corrected chi connectivity index (χ2v) is 7.43. The van der Waals surface area contributed by atoms with E-state index >= 15 is 0 Å². The minimum atomic E-state index is -0.339. The summed E-state index contributed by atoms with van der Waals surface area (Å²) < 4.78 is 0. The molecule has 2 aliphatic carbocycles. The fourth-order valence-corrected chi connectivity index (χ4v) is 4.59. The lowest BCUT2D eigenvalue weighted by molar-refractivity contribution is -0.165. The van der Waals surface area contributed by atoms with Crippen LogP contribution in [0.5, 0.6) is 0 Å². The molecule has 2 unspecified atom stereocenters. The maximum atomic E-state index is 12.7. The smallest absolute Gasteiger partial charge is 0.341 e. The number of aliphatic hydroxyl groups excluding tert-OH is 1. The van der Waals surface area contributed by atoms with Gasteiger partial charge in [-0.2, -0.15) is 0 Å². The van der Waals surface area contributed by atoms with Crippen molar-refractivity contribution in [2.24, 2.45) is 28.3 Å². The lowest BCUT2D eigenvalue weighted by Crippen LogP contribution is -2.44. The highest BCUT2D eigenvalue weighted by Gasteiger charge is 2.50. The van der Waals surface area contributed by atoms with Crippen molar-refractivity contribution in [2.45, 2.75) is 52.9 Å². The van der Waals surface area contributed by atoms with Gasteiger partial charge in [-0.25, -0.2) is 4.79 Å². The number of hydrogen-bond acceptors (Lipinski definition) is 4. The van der Waals surface area contributed by atoms with Gasteiger partial charge in [-0.3, -0.25) is 0 Å². The van der Waals surface area contributed by atoms with E-state index in [1.165, 1.54) is 19.1 Å². The Labute approximate surface area is 139 Å². The average Bonchev–Trinajstić information content (AvgIpc) is 2.48. The van der Waals surface area contributed by atoms with Gasteiger partial charge < -0.3 is 9.94 Å². The Morgan fingerprint density at radius 3 is 2.48 bits per heavy atom. The topological polar surface area (TPSA) is 58.9 Å². The first kappa shape index (κ1) is 17.9. The van der Waals surface area contributed by atoms with Crippen LogP contribution in [-0.2, 0) is 9.63 Å². The van der Waals surface area contributed by atoms with E-state index in [0.717, 1.165) is 24.8 Å². The molecule has 2 atom stereocenters. The van der Waals surface area contributed by atoms with Gasteiger partial charge in [-0.05, 0) is 62.4 Å². The summed E-state index contributed by atoms with van der Waals surface area (Å²) in [6.07, 6.45) is 12.0. The Morgan fingerprint density at radius 2 is 1.91 bits per heavy atom. The summed E-state index contributed by atoms with van der Waals surface area (Å²) in [6, 6.07) is 0. The van der Waals surface area contributed by atoms with Crippen LogP contribution in [0.4, 0.5) is 0 Å². The minimum Gasteiger partial charge on any atom is -0.392 e. The van der Waals surface area contributed by atoms with Crippen molar-refractivity contribution >= 4 is 12.2 Å². The van der Waals surface area contributed by atoms with Gasteiger partial charge in [-0.15, -0.1) is 0 Å². The molecule has 2 fully saturated rings. The second kappa shape index (κ2) is 7.91. The summed E-state index contributed by atoms with van der Waals surface area (Å²) in [5, 5.41) is 12.7. The fourth-order valence-electron chi connectivity index (χ4n) is 4.59. The molecule has 0 saturated heterocycles. The molecule has 0 spiro atoms. The molecular weight excluding hydrogens is 290 g/mol. The van der Waals surface area contributed by atoms with Crippen LogP contribution in [0.15, 0.2) is 29.0 Å². The summed E-state index contributed by atoms with van der Waals surface area (Å²) in [6.45, 7) is 6.33. The van der Waals surface area contributed by atoms with E-state index in [1.54, 1.807) is 12.2 Å². The van der Waals surface area contributed by atoms with Gasteiger partial charge >= 0.3 is 5.97 Å². The predicted molar refractivity (Wildman–Crippen MR) is 91.9 cm³/mol. The maximum Gasteiger partial charge on any atom is 0.341 e. The van der Waals surface area contributed by atoms with E-state index in [4.69, 9.17) is 9.94 Å². The molecule has 128 valence electrons. The highest BCUT2D eigenvalue weighted by molar-refractivity contribution is 5.83. The van der Waals surface area contributed by atoms with E-state index in [0.29, 0.717) is 17.8 Å². The number of aliphatic hydroxyl groups is 1. The molecule has 1 N–H and O–H groups in total. The first-order valence-electron chi connectivity index (χ1n) is 8.67. The third kappa shape index (κ3) is 4.54. The van der Waals surface area contributed by atoms with Gasteiger partial charge in [-0.1, -0.05) is 37.2 Å². The fraction of sp³-hybridized carbons (Fsp3) is 0.684. The third-order valence-corrected chi connectivity index (χ3v) is 5.15. The third-order valence-electron chi connectivity index (χ3n) is 5.15. The Hall–Kier alpha value is -1.42. The number of hydrogen-bond donors (Lipinski definition) is 1. The molecule has 0 heterocycles. The minimum absolute atomic E-state index is 0.0226. The lowest BCUT2D eigenvalue weighted by atomic mass is 9.57. The van der Waals surface area contributed by atoms with E-state index in [2.05, 4.69) is 19.0 Å². The van der Waals surface area contributed by atoms with Crippen LogP contribution in [0, 0.1) is 23.2 Å². The molecule has 0 aromatic heterocycles. The zero-order chi connectivity index (χ0) is 16.9. The summed E-state index contributed by atoms with van der Waals surface area (Å²) >= 11 is 0. The Bertz CT molecular complexity index is 487. The first-order valence-corrected chi connectivity index (χ1v) is 8.67. The molecule has 0 aliphatic heterocycles. The number of rotatable bonds is 5. The Kier molecular flexibility index (Phi) is 6.17. The lowest BCUT2D eigenvalue weighted by Gasteiger charge is -2.47. The Balaban J connectivity index is 2.02. The van der Waals surface area contributed by atoms with Crippen molar-refractivity contribution in [2.75, 3.05) is 6.61 Å². The number of fused-ring (bicyclic) bond motifs is 2. The van der Waals surface area contributed by atoms with Crippen molar-refractivity contribution in [1.82, 2.24) is 0 Å². The van der Waals surface area contributed by atoms with Crippen LogP contribution < -0.4 is 0 Å². The molecular formula is C19H29NO3. The average molecular weight is 319 g/mol. The zero-order valence-corrected chi connectivity index (χ0v) is 14.5. The van der Waals surface area contributed by atoms with Crippen molar-refractivity contribution in [1.29, 1.82) is 0 Å². The molecule has 4 heteroatoms. The number of oxime groups is 1. The number of nitrogens with zero attached hydrogens (tertiary/aromatic N) is 1. The Morgan fingerprint density at radius 1 is 1.26 bits per heavy atom. The molecule has 2 saturated carbocycles. The van der Waals surface area contributed by atoms with Crippen LogP contribution >= 0.6 is 0 Å². The zero-order valence-electron chi connectivity index (χ0n) is 14.5. The van der Waals surface area contributed by atoms with Gasteiger partial charge in [0.25, 0.3) is 0 Å². The molecule has 4 nitrogen and oxygen atoms in total. The summed E-state index contributed by atoms with van der Waals surface area (Å²) in [5.74, 6) is 1.64. The molecule has 2 aliphatic rings. The number of allylic oxidation sites excluding steroid dienone is 3. The van der Waals surface area contributed by atoms with E-state index in [-0.39, 0.29) is 18.0 Å². The van der Waals surface area contributed by atoms with E-state index in [1.807, 2.05) is 13.0 Å². The standard InChI is InChI=1S/C19H29NO3/c1-4-16(6-5-7-21)13-20-23-18(22)19-10-14(2)8-17(12-19)9-15(3)11-19/h4-6,13-15,17,21H,7-12H2,1-3H3/b6-5-,16-4+,20-13+. The van der Waals surface area contributed by atoms with E-state index in [9.17, 15) is 4.79 Å². The van der Waals surface area contributed by atoms with Gasteiger partial charge in [0.15, 0.2) is 0 Å². The molecule has 0 aromatic rings. The monoisotopic (exact) mass is 319 g/mol. The van der Waals surface area contributed by atoms with Gasteiger partial charge in [0, 0.05) is 0 Å². The highest BCUT2D eigenvalue weighted by atomic mass is 16.7. The first-order chi connectivity index (χ1) is 11.0. The van der Waals surface area contributed by atoms with Crippen LogP contribution in [0.1, 0.15) is 52.9 Å². The van der Waals surface area contributed by atoms with Gasteiger partial charge in [0.05, 0.1) is 18.2 Å². The summed E-state index contributed by atoms with van der Waals surface area (Å²) in [7, 11) is 0. The van der Waals surface area contributed by atoms with Gasteiger partial charge in [0.1, 0.15) is 0 Å². The molecule has 2 bridgehead atoms. The summed E-state index contributed by atoms with van der Waals surface area (Å²) in [4.78, 5) is 18.0. The van der Waals surface area contributed by atoms with Crippen LogP contribution in [0.2, 0.25) is 0 Å². The van der Waals surface area contributed by atoms with Crippen molar-refractivity contribution < 1.29 is 14.7 Å². The molecule has 0 radical (unpaired) electrons. The normalized spacial score (nSPS) is 35.0. The van der Waals surface area contributed by atoms with Crippen molar-refractivity contribution in [3.05, 3.63) is 23.8 Å². The highest BCUT2D eigenvalue weighted by Crippen LogP contribution is 2.53. The largest absolute Gasteiger partial charge is 0.392 e. The quantitative estimate of drug-likeness (QED) is 0.362. The number of carbonyl (C=O) groups is 1. The predicted octanol–water partition coefficient (Wildman–Crippen LogP) is 3.86. The van der Waals surface area contributed by atoms with Crippen molar-refractivity contribution in [3.8, 4) is 0 Å². The van der Waals surface area contributed by atoms with Gasteiger partial charge in [0.2, 0.25) is 0 Å². The molecule has 23 heavy (non-hydrogen) atoms. The number of carbonyl (C=O) groups excluding carboxylic acids is 1. The maximum absolute atomic E-state index is 12.7. The molecule has 2 rings (SSSR count). The van der Waals surface area contributed by atoms with Crippen LogP contribution in [0.25, 0.3) is 0 Å². The summed E-state index contributed by atoms with van der Waals surface area (Å²) in [5.41, 5.74) is 0.463. The molecule has 0 aromatic carbocycles.